The highest BCUT2D eigenvalue weighted by Gasteiger charge is 2.35. The van der Waals surface area contributed by atoms with Gasteiger partial charge in [0, 0.05) is 0 Å². The average molecular weight is 398 g/mol. The highest BCUT2D eigenvalue weighted by molar-refractivity contribution is 8.26. The zero-order valence-corrected chi connectivity index (χ0v) is 17.2. The maximum Gasteiger partial charge on any atom is 0.266 e. The van der Waals surface area contributed by atoms with Gasteiger partial charge in [-0.25, -0.2) is 0 Å². The van der Waals surface area contributed by atoms with Gasteiger partial charge in [-0.05, 0) is 42.7 Å². The van der Waals surface area contributed by atoms with E-state index in [1.165, 1.54) is 11.8 Å². The number of benzene rings is 2. The van der Waals surface area contributed by atoms with Crippen LogP contribution in [0.4, 0.5) is 0 Å². The summed E-state index contributed by atoms with van der Waals surface area (Å²) in [6, 6.07) is 17.7. The molecule has 3 rings (SSSR count). The van der Waals surface area contributed by atoms with Crippen molar-refractivity contribution in [2.75, 3.05) is 6.61 Å². The van der Waals surface area contributed by atoms with Crippen LogP contribution in [0.5, 0.6) is 5.75 Å². The summed E-state index contributed by atoms with van der Waals surface area (Å²) >= 11 is 6.83. The molecule has 27 heavy (non-hydrogen) atoms. The van der Waals surface area contributed by atoms with Crippen molar-refractivity contribution >= 4 is 40.3 Å². The molecule has 5 heteroatoms. The molecule has 1 aliphatic heterocycles. The van der Waals surface area contributed by atoms with Gasteiger partial charge in [0.25, 0.3) is 5.91 Å². The fourth-order valence-electron chi connectivity index (χ4n) is 2.84. The SMILES string of the molecule is CCCCOc1ccc(C=C2SC(=S)N(C(C)c3ccccc3)C2=O)cc1. The molecule has 3 nitrogen and oxygen atoms in total. The van der Waals surface area contributed by atoms with Crippen molar-refractivity contribution in [3.8, 4) is 5.75 Å². The first-order valence-corrected chi connectivity index (χ1v) is 10.4. The largest absolute Gasteiger partial charge is 0.494 e. The number of amides is 1. The Labute approximate surface area is 170 Å². The van der Waals surface area contributed by atoms with Crippen molar-refractivity contribution in [2.24, 2.45) is 0 Å². The van der Waals surface area contributed by atoms with Crippen LogP contribution in [0.2, 0.25) is 0 Å². The molecule has 1 unspecified atom stereocenters. The number of rotatable bonds is 7. The maximum absolute atomic E-state index is 12.9. The number of hydrogen-bond acceptors (Lipinski definition) is 4. The predicted octanol–water partition coefficient (Wildman–Crippen LogP) is 5.83. The lowest BCUT2D eigenvalue weighted by molar-refractivity contribution is -0.123. The van der Waals surface area contributed by atoms with E-state index in [1.807, 2.05) is 67.6 Å². The van der Waals surface area contributed by atoms with E-state index >= 15 is 0 Å². The molecule has 1 saturated heterocycles. The first-order chi connectivity index (χ1) is 13.1. The van der Waals surface area contributed by atoms with Crippen molar-refractivity contribution in [3.63, 3.8) is 0 Å². The molecule has 2 aromatic rings. The maximum atomic E-state index is 12.9. The topological polar surface area (TPSA) is 29.5 Å². The highest BCUT2D eigenvalue weighted by Crippen LogP contribution is 2.38. The van der Waals surface area contributed by atoms with E-state index in [2.05, 4.69) is 6.92 Å². The molecule has 0 spiro atoms. The van der Waals surface area contributed by atoms with Gasteiger partial charge in [0.05, 0.1) is 17.6 Å². The second-order valence-corrected chi connectivity index (χ2v) is 8.09. The minimum atomic E-state index is -0.0843. The zero-order valence-electron chi connectivity index (χ0n) is 15.6. The summed E-state index contributed by atoms with van der Waals surface area (Å²) in [6.45, 7) is 4.87. The van der Waals surface area contributed by atoms with Crippen molar-refractivity contribution in [3.05, 3.63) is 70.6 Å². The van der Waals surface area contributed by atoms with Crippen LogP contribution >= 0.6 is 24.0 Å². The summed E-state index contributed by atoms with van der Waals surface area (Å²) in [6.07, 6.45) is 4.05. The van der Waals surface area contributed by atoms with E-state index in [0.717, 1.165) is 36.3 Å². The van der Waals surface area contributed by atoms with Crippen molar-refractivity contribution in [2.45, 2.75) is 32.7 Å². The monoisotopic (exact) mass is 397 g/mol. The van der Waals surface area contributed by atoms with Crippen LogP contribution in [-0.2, 0) is 4.79 Å². The van der Waals surface area contributed by atoms with Crippen LogP contribution in [0, 0.1) is 0 Å². The summed E-state index contributed by atoms with van der Waals surface area (Å²) in [5.74, 6) is 0.815. The summed E-state index contributed by atoms with van der Waals surface area (Å²) in [4.78, 5) is 15.3. The van der Waals surface area contributed by atoms with Crippen LogP contribution in [0.3, 0.4) is 0 Å². The second kappa shape index (κ2) is 9.20. The van der Waals surface area contributed by atoms with E-state index in [0.29, 0.717) is 9.23 Å². The lowest BCUT2D eigenvalue weighted by atomic mass is 10.1. The van der Waals surface area contributed by atoms with Crippen LogP contribution < -0.4 is 4.74 Å². The molecule has 1 fully saturated rings. The Hall–Kier alpha value is -2.11. The van der Waals surface area contributed by atoms with Crippen LogP contribution in [0.25, 0.3) is 6.08 Å². The van der Waals surface area contributed by atoms with Crippen molar-refractivity contribution in [1.82, 2.24) is 4.90 Å². The number of thiocarbonyl (C=S) groups is 1. The Balaban J connectivity index is 1.72. The molecule has 1 heterocycles. The van der Waals surface area contributed by atoms with Crippen molar-refractivity contribution in [1.29, 1.82) is 0 Å². The van der Waals surface area contributed by atoms with Crippen LogP contribution in [-0.4, -0.2) is 21.7 Å². The second-order valence-electron chi connectivity index (χ2n) is 6.41. The molecule has 0 bridgehead atoms. The summed E-state index contributed by atoms with van der Waals surface area (Å²) < 4.78 is 6.28. The smallest absolute Gasteiger partial charge is 0.266 e. The highest BCUT2D eigenvalue weighted by atomic mass is 32.2. The molecular weight excluding hydrogens is 374 g/mol. The van der Waals surface area contributed by atoms with E-state index in [4.69, 9.17) is 17.0 Å². The van der Waals surface area contributed by atoms with E-state index in [-0.39, 0.29) is 11.9 Å². The van der Waals surface area contributed by atoms with E-state index < -0.39 is 0 Å². The zero-order chi connectivity index (χ0) is 19.2. The first kappa shape index (κ1) is 19.6. The lowest BCUT2D eigenvalue weighted by Crippen LogP contribution is -2.30. The Kier molecular flexibility index (Phi) is 6.69. The minimum Gasteiger partial charge on any atom is -0.494 e. The Morgan fingerprint density at radius 3 is 2.52 bits per heavy atom. The number of carbonyl (C=O) groups is 1. The van der Waals surface area contributed by atoms with Crippen molar-refractivity contribution < 1.29 is 9.53 Å². The van der Waals surface area contributed by atoms with Gasteiger partial charge in [0.2, 0.25) is 0 Å². The Bertz CT molecular complexity index is 831. The molecule has 1 atom stereocenters. The molecule has 0 aromatic heterocycles. The van der Waals surface area contributed by atoms with Gasteiger partial charge in [0.1, 0.15) is 10.1 Å². The molecule has 2 aromatic carbocycles. The van der Waals surface area contributed by atoms with Gasteiger partial charge in [-0.15, -0.1) is 0 Å². The first-order valence-electron chi connectivity index (χ1n) is 9.15. The standard InChI is InChI=1S/C22H23NO2S2/c1-3-4-14-25-19-12-10-17(11-13-19)15-20-21(24)23(22(26)27-20)16(2)18-8-6-5-7-9-18/h5-13,15-16H,3-4,14H2,1-2H3. The molecule has 140 valence electrons. The number of thioether (sulfide) groups is 1. The third kappa shape index (κ3) is 4.79. The quantitative estimate of drug-likeness (QED) is 0.334. The third-order valence-electron chi connectivity index (χ3n) is 4.44. The summed E-state index contributed by atoms with van der Waals surface area (Å²) in [7, 11) is 0. The Morgan fingerprint density at radius 2 is 1.85 bits per heavy atom. The van der Waals surface area contributed by atoms with Crippen LogP contribution in [0.1, 0.15) is 43.9 Å². The summed E-state index contributed by atoms with van der Waals surface area (Å²) in [5.41, 5.74) is 2.04. The van der Waals surface area contributed by atoms with E-state index in [9.17, 15) is 4.79 Å². The molecule has 1 aliphatic rings. The molecular formula is C22H23NO2S2. The average Bonchev–Trinajstić information content (AvgIpc) is 2.97. The third-order valence-corrected chi connectivity index (χ3v) is 5.77. The lowest BCUT2D eigenvalue weighted by Gasteiger charge is -2.23. The van der Waals surface area contributed by atoms with Gasteiger partial charge in [-0.2, -0.15) is 0 Å². The summed E-state index contributed by atoms with van der Waals surface area (Å²) in [5, 5.41) is 0. The molecule has 0 radical (unpaired) electrons. The van der Waals surface area contributed by atoms with Gasteiger partial charge < -0.3 is 4.74 Å². The fraction of sp³-hybridized carbons (Fsp3) is 0.273. The van der Waals surface area contributed by atoms with Gasteiger partial charge >= 0.3 is 0 Å². The normalized spacial score (nSPS) is 16.8. The van der Waals surface area contributed by atoms with Crippen LogP contribution in [0.15, 0.2) is 59.5 Å². The van der Waals surface area contributed by atoms with Gasteiger partial charge in [0.15, 0.2) is 0 Å². The predicted molar refractivity (Wildman–Crippen MR) is 117 cm³/mol. The Morgan fingerprint density at radius 1 is 1.15 bits per heavy atom. The molecule has 0 saturated carbocycles. The number of hydrogen-bond donors (Lipinski definition) is 0. The number of nitrogens with zero attached hydrogens (tertiary/aromatic N) is 1. The molecule has 1 amide bonds. The number of ether oxygens (including phenoxy) is 1. The number of unbranched alkanes of at least 4 members (excludes halogenated alkanes) is 1. The van der Waals surface area contributed by atoms with Gasteiger partial charge in [-0.3, -0.25) is 9.69 Å². The fourth-order valence-corrected chi connectivity index (χ4v) is 4.26. The van der Waals surface area contributed by atoms with Gasteiger partial charge in [-0.1, -0.05) is 79.8 Å². The molecule has 0 aliphatic carbocycles. The van der Waals surface area contributed by atoms with E-state index in [1.54, 1.807) is 4.90 Å². The molecule has 0 N–H and O–H groups in total. The number of carbonyl (C=O) groups excluding carboxylic acids is 1. The minimum absolute atomic E-state index is 0.0374.